The molecular weight excluding hydrogens is 286 g/mol. The highest BCUT2D eigenvalue weighted by molar-refractivity contribution is 7.88. The minimum Gasteiger partial charge on any atom is -0.390 e. The van der Waals surface area contributed by atoms with Gasteiger partial charge < -0.3 is 5.11 Å². The molecule has 5 heteroatoms. The standard InChI is InChI=1S/C16H23NO3S/c18-16-9-5-4-8-15(16)12-17(11-10-16)21(19,20)13-14-6-2-1-3-7-14/h1-3,6-7,15,18H,4-5,8-13H2. The number of hydrogen-bond acceptors (Lipinski definition) is 3. The second-order valence-electron chi connectivity index (χ2n) is 6.40. The first-order chi connectivity index (χ1) is 10.00. The second kappa shape index (κ2) is 5.71. The molecule has 0 radical (unpaired) electrons. The van der Waals surface area contributed by atoms with Crippen molar-refractivity contribution in [2.24, 2.45) is 5.92 Å². The number of benzene rings is 1. The van der Waals surface area contributed by atoms with Crippen LogP contribution in [0.5, 0.6) is 0 Å². The zero-order chi connectivity index (χ0) is 14.9. The van der Waals surface area contributed by atoms with Crippen LogP contribution in [0.3, 0.4) is 0 Å². The lowest BCUT2D eigenvalue weighted by atomic mass is 9.72. The van der Waals surface area contributed by atoms with Crippen molar-refractivity contribution < 1.29 is 13.5 Å². The maximum Gasteiger partial charge on any atom is 0.218 e. The van der Waals surface area contributed by atoms with Gasteiger partial charge in [-0.05, 0) is 24.8 Å². The van der Waals surface area contributed by atoms with Crippen molar-refractivity contribution in [2.45, 2.75) is 43.5 Å². The fraction of sp³-hybridized carbons (Fsp3) is 0.625. The van der Waals surface area contributed by atoms with Gasteiger partial charge in [-0.1, -0.05) is 43.2 Å². The number of nitrogens with zero attached hydrogens (tertiary/aromatic N) is 1. The van der Waals surface area contributed by atoms with E-state index in [4.69, 9.17) is 0 Å². The summed E-state index contributed by atoms with van der Waals surface area (Å²) >= 11 is 0. The SMILES string of the molecule is O=S(=O)(Cc1ccccc1)N1CCC2(O)CCCCC2C1. The summed E-state index contributed by atoms with van der Waals surface area (Å²) in [5.74, 6) is 0.157. The average molecular weight is 309 g/mol. The summed E-state index contributed by atoms with van der Waals surface area (Å²) in [4.78, 5) is 0. The molecule has 2 atom stereocenters. The number of rotatable bonds is 3. The lowest BCUT2D eigenvalue weighted by Crippen LogP contribution is -2.54. The number of fused-ring (bicyclic) bond motifs is 1. The maximum absolute atomic E-state index is 12.6. The molecule has 3 rings (SSSR count). The normalized spacial score (nSPS) is 30.8. The van der Waals surface area contributed by atoms with Crippen LogP contribution in [0.4, 0.5) is 0 Å². The first kappa shape index (κ1) is 15.0. The van der Waals surface area contributed by atoms with Gasteiger partial charge in [0, 0.05) is 19.0 Å². The molecule has 0 amide bonds. The zero-order valence-corrected chi connectivity index (χ0v) is 13.1. The first-order valence-corrected chi connectivity index (χ1v) is 9.35. The van der Waals surface area contributed by atoms with Gasteiger partial charge in [0.25, 0.3) is 0 Å². The number of sulfonamides is 1. The summed E-state index contributed by atoms with van der Waals surface area (Å²) in [6.45, 7) is 0.924. The Morgan fingerprint density at radius 1 is 1.19 bits per heavy atom. The van der Waals surface area contributed by atoms with Crippen LogP contribution in [-0.2, 0) is 15.8 Å². The van der Waals surface area contributed by atoms with Gasteiger partial charge in [0.1, 0.15) is 0 Å². The van der Waals surface area contributed by atoms with E-state index in [1.165, 1.54) is 0 Å². The van der Waals surface area contributed by atoms with Gasteiger partial charge in [0.2, 0.25) is 10.0 Å². The Morgan fingerprint density at radius 3 is 2.71 bits per heavy atom. The van der Waals surface area contributed by atoms with Crippen molar-refractivity contribution in [1.82, 2.24) is 4.31 Å². The average Bonchev–Trinajstić information content (AvgIpc) is 2.46. The molecule has 4 nitrogen and oxygen atoms in total. The lowest BCUT2D eigenvalue weighted by Gasteiger charge is -2.46. The number of hydrogen-bond donors (Lipinski definition) is 1. The van der Waals surface area contributed by atoms with Crippen LogP contribution < -0.4 is 0 Å². The van der Waals surface area contributed by atoms with E-state index in [1.54, 1.807) is 4.31 Å². The molecule has 116 valence electrons. The van der Waals surface area contributed by atoms with Crippen molar-refractivity contribution in [3.63, 3.8) is 0 Å². The Bertz CT molecular complexity index is 587. The Kier molecular flexibility index (Phi) is 4.08. The van der Waals surface area contributed by atoms with Crippen molar-refractivity contribution in [3.8, 4) is 0 Å². The maximum atomic E-state index is 12.6. The van der Waals surface area contributed by atoms with E-state index in [0.29, 0.717) is 19.5 Å². The molecule has 21 heavy (non-hydrogen) atoms. The van der Waals surface area contributed by atoms with E-state index in [2.05, 4.69) is 0 Å². The smallest absolute Gasteiger partial charge is 0.218 e. The molecule has 1 aromatic carbocycles. The summed E-state index contributed by atoms with van der Waals surface area (Å²) < 4.78 is 26.7. The highest BCUT2D eigenvalue weighted by Gasteiger charge is 2.45. The Morgan fingerprint density at radius 2 is 1.95 bits per heavy atom. The van der Waals surface area contributed by atoms with Gasteiger partial charge in [-0.25, -0.2) is 12.7 Å². The number of piperidine rings is 1. The summed E-state index contributed by atoms with van der Waals surface area (Å²) in [7, 11) is -3.29. The Labute approximate surface area is 126 Å². The highest BCUT2D eigenvalue weighted by atomic mass is 32.2. The zero-order valence-electron chi connectivity index (χ0n) is 12.2. The van der Waals surface area contributed by atoms with Crippen molar-refractivity contribution in [1.29, 1.82) is 0 Å². The van der Waals surface area contributed by atoms with E-state index >= 15 is 0 Å². The van der Waals surface area contributed by atoms with Gasteiger partial charge >= 0.3 is 0 Å². The Balaban J connectivity index is 1.72. The lowest BCUT2D eigenvalue weighted by molar-refractivity contribution is -0.0816. The fourth-order valence-corrected chi connectivity index (χ4v) is 5.24. The third kappa shape index (κ3) is 3.15. The molecule has 1 saturated carbocycles. The van der Waals surface area contributed by atoms with Crippen LogP contribution >= 0.6 is 0 Å². The van der Waals surface area contributed by atoms with Crippen LogP contribution in [0.25, 0.3) is 0 Å². The molecule has 1 aliphatic heterocycles. The molecule has 2 fully saturated rings. The minimum absolute atomic E-state index is 0.0546. The summed E-state index contributed by atoms with van der Waals surface area (Å²) in [6.07, 6.45) is 4.49. The third-order valence-corrected chi connectivity index (χ3v) is 6.79. The van der Waals surface area contributed by atoms with Crippen molar-refractivity contribution >= 4 is 10.0 Å². The van der Waals surface area contributed by atoms with E-state index in [1.807, 2.05) is 30.3 Å². The first-order valence-electron chi connectivity index (χ1n) is 7.74. The quantitative estimate of drug-likeness (QED) is 0.930. The molecule has 1 aliphatic carbocycles. The van der Waals surface area contributed by atoms with Gasteiger partial charge in [-0.2, -0.15) is 0 Å². The highest BCUT2D eigenvalue weighted by Crippen LogP contribution is 2.40. The van der Waals surface area contributed by atoms with E-state index in [-0.39, 0.29) is 11.7 Å². The van der Waals surface area contributed by atoms with E-state index < -0.39 is 15.6 Å². The van der Waals surface area contributed by atoms with Crippen LogP contribution in [0, 0.1) is 5.92 Å². The summed E-state index contributed by atoms with van der Waals surface area (Å²) in [6, 6.07) is 9.30. The summed E-state index contributed by atoms with van der Waals surface area (Å²) in [5, 5.41) is 10.6. The molecule has 0 spiro atoms. The van der Waals surface area contributed by atoms with Gasteiger partial charge in [0.05, 0.1) is 11.4 Å². The molecule has 1 N–H and O–H groups in total. The van der Waals surface area contributed by atoms with Crippen LogP contribution in [-0.4, -0.2) is 36.5 Å². The summed E-state index contributed by atoms with van der Waals surface area (Å²) in [5.41, 5.74) is 0.193. The monoisotopic (exact) mass is 309 g/mol. The Hall–Kier alpha value is -0.910. The topological polar surface area (TPSA) is 57.6 Å². The van der Waals surface area contributed by atoms with Crippen LogP contribution in [0.1, 0.15) is 37.7 Å². The largest absolute Gasteiger partial charge is 0.390 e. The van der Waals surface area contributed by atoms with Gasteiger partial charge in [-0.15, -0.1) is 0 Å². The molecule has 2 unspecified atom stereocenters. The molecule has 1 saturated heterocycles. The van der Waals surface area contributed by atoms with Gasteiger partial charge in [0.15, 0.2) is 0 Å². The predicted octanol–water partition coefficient (Wildman–Crippen LogP) is 2.14. The van der Waals surface area contributed by atoms with Gasteiger partial charge in [-0.3, -0.25) is 0 Å². The molecule has 1 aromatic rings. The molecule has 0 bridgehead atoms. The third-order valence-electron chi connectivity index (χ3n) is 4.98. The molecule has 2 aliphatic rings. The fourth-order valence-electron chi connectivity index (χ4n) is 3.67. The molecular formula is C16H23NO3S. The minimum atomic E-state index is -3.29. The van der Waals surface area contributed by atoms with Crippen LogP contribution in [0.15, 0.2) is 30.3 Å². The van der Waals surface area contributed by atoms with Crippen molar-refractivity contribution in [3.05, 3.63) is 35.9 Å². The second-order valence-corrected chi connectivity index (χ2v) is 8.37. The number of aliphatic hydroxyl groups is 1. The van der Waals surface area contributed by atoms with E-state index in [0.717, 1.165) is 31.2 Å². The van der Waals surface area contributed by atoms with Crippen molar-refractivity contribution in [2.75, 3.05) is 13.1 Å². The predicted molar refractivity (Wildman–Crippen MR) is 82.2 cm³/mol. The van der Waals surface area contributed by atoms with E-state index in [9.17, 15) is 13.5 Å². The molecule has 0 aromatic heterocycles. The molecule has 1 heterocycles. The van der Waals surface area contributed by atoms with Crippen LogP contribution in [0.2, 0.25) is 0 Å².